The molecule has 0 aromatic heterocycles. The molecule has 0 heterocycles. The maximum absolute atomic E-state index is 9.61. The van der Waals surface area contributed by atoms with Crippen molar-refractivity contribution in [3.05, 3.63) is 42.0 Å². The predicted octanol–water partition coefficient (Wildman–Crippen LogP) is 4.13. The summed E-state index contributed by atoms with van der Waals surface area (Å²) in [7, 11) is 0. The first kappa shape index (κ1) is 11.6. The van der Waals surface area contributed by atoms with E-state index >= 15 is 0 Å². The first-order chi connectivity index (χ1) is 7.33. The second-order valence-corrected chi connectivity index (χ2v) is 3.14. The third kappa shape index (κ3) is 2.30. The average Bonchev–Trinajstić information content (AvgIpc) is 2.32. The molecule has 0 aliphatic carbocycles. The molecule has 0 fully saturated rings. The van der Waals surface area contributed by atoms with Gasteiger partial charge in [0.15, 0.2) is 0 Å². The Morgan fingerprint density at radius 2 is 1.67 bits per heavy atom. The van der Waals surface area contributed by atoms with Gasteiger partial charge in [-0.3, -0.25) is 0 Å². The number of phenols is 1. The number of rotatable bonds is 1. The van der Waals surface area contributed by atoms with E-state index in [1.807, 2.05) is 38.1 Å². The molecule has 0 saturated heterocycles. The molecule has 0 aliphatic rings. The van der Waals surface area contributed by atoms with Crippen molar-refractivity contribution >= 4 is 10.8 Å². The summed E-state index contributed by atoms with van der Waals surface area (Å²) in [6.45, 7) is 6.06. The minimum Gasteiger partial charge on any atom is -0.508 e. The summed E-state index contributed by atoms with van der Waals surface area (Å²) in [5.74, 6) is 0.404. The Balaban J connectivity index is 0.000000531. The van der Waals surface area contributed by atoms with E-state index in [1.54, 1.807) is 6.07 Å². The topological polar surface area (TPSA) is 20.2 Å². The SMILES string of the molecule is CC.CCc1c(O)ccc2ccccc12. The molecular weight excluding hydrogens is 184 g/mol. The number of aromatic hydroxyl groups is 1. The van der Waals surface area contributed by atoms with Gasteiger partial charge in [0, 0.05) is 5.56 Å². The number of aryl methyl sites for hydroxylation is 1. The van der Waals surface area contributed by atoms with Crippen LogP contribution in [0.25, 0.3) is 10.8 Å². The smallest absolute Gasteiger partial charge is 0.119 e. The molecule has 0 amide bonds. The maximum atomic E-state index is 9.61. The summed E-state index contributed by atoms with van der Waals surface area (Å²) in [4.78, 5) is 0. The van der Waals surface area contributed by atoms with Gasteiger partial charge in [0.1, 0.15) is 5.75 Å². The van der Waals surface area contributed by atoms with E-state index < -0.39 is 0 Å². The third-order valence-electron chi connectivity index (χ3n) is 2.37. The van der Waals surface area contributed by atoms with Crippen LogP contribution in [-0.2, 0) is 6.42 Å². The highest BCUT2D eigenvalue weighted by molar-refractivity contribution is 5.87. The fraction of sp³-hybridized carbons (Fsp3) is 0.286. The van der Waals surface area contributed by atoms with E-state index in [4.69, 9.17) is 0 Å². The maximum Gasteiger partial charge on any atom is 0.119 e. The van der Waals surface area contributed by atoms with Gasteiger partial charge >= 0.3 is 0 Å². The number of benzene rings is 2. The molecule has 1 nitrogen and oxygen atoms in total. The van der Waals surface area contributed by atoms with Crippen molar-refractivity contribution in [3.63, 3.8) is 0 Å². The van der Waals surface area contributed by atoms with Crippen molar-refractivity contribution in [2.75, 3.05) is 0 Å². The van der Waals surface area contributed by atoms with Crippen molar-refractivity contribution in [2.45, 2.75) is 27.2 Å². The largest absolute Gasteiger partial charge is 0.508 e. The molecular formula is C14H18O. The lowest BCUT2D eigenvalue weighted by Crippen LogP contribution is -1.84. The lowest BCUT2D eigenvalue weighted by Gasteiger charge is -2.05. The van der Waals surface area contributed by atoms with Gasteiger partial charge in [-0.1, -0.05) is 51.1 Å². The Morgan fingerprint density at radius 1 is 1.00 bits per heavy atom. The van der Waals surface area contributed by atoms with Gasteiger partial charge < -0.3 is 5.11 Å². The van der Waals surface area contributed by atoms with Crippen LogP contribution < -0.4 is 0 Å². The van der Waals surface area contributed by atoms with Crippen LogP contribution in [0.5, 0.6) is 5.75 Å². The second kappa shape index (κ2) is 5.40. The zero-order valence-electron chi connectivity index (χ0n) is 9.62. The molecule has 0 atom stereocenters. The zero-order chi connectivity index (χ0) is 11.3. The molecule has 0 bridgehead atoms. The molecule has 0 unspecified atom stereocenters. The molecule has 0 aliphatic heterocycles. The molecule has 0 spiro atoms. The van der Waals surface area contributed by atoms with E-state index in [0.717, 1.165) is 17.4 Å². The highest BCUT2D eigenvalue weighted by Crippen LogP contribution is 2.26. The molecule has 2 aromatic rings. The van der Waals surface area contributed by atoms with Crippen LogP contribution in [0.4, 0.5) is 0 Å². The monoisotopic (exact) mass is 202 g/mol. The second-order valence-electron chi connectivity index (χ2n) is 3.14. The van der Waals surface area contributed by atoms with Crippen LogP contribution in [0.15, 0.2) is 36.4 Å². The number of fused-ring (bicyclic) bond motifs is 1. The average molecular weight is 202 g/mol. The van der Waals surface area contributed by atoms with Crippen molar-refractivity contribution < 1.29 is 5.11 Å². The van der Waals surface area contributed by atoms with Gasteiger partial charge in [-0.2, -0.15) is 0 Å². The standard InChI is InChI=1S/C12H12O.C2H6/c1-2-10-11-6-4-3-5-9(11)7-8-12(10)13;1-2/h3-8,13H,2H2,1H3;1-2H3. The molecule has 1 heteroatoms. The quantitative estimate of drug-likeness (QED) is 0.737. The Labute approximate surface area is 91.4 Å². The first-order valence-corrected chi connectivity index (χ1v) is 5.52. The summed E-state index contributed by atoms with van der Waals surface area (Å²) < 4.78 is 0. The molecule has 2 rings (SSSR count). The normalized spacial score (nSPS) is 9.53. The highest BCUT2D eigenvalue weighted by atomic mass is 16.3. The lowest BCUT2D eigenvalue weighted by molar-refractivity contribution is 0.470. The van der Waals surface area contributed by atoms with Crippen LogP contribution in [-0.4, -0.2) is 5.11 Å². The van der Waals surface area contributed by atoms with Crippen molar-refractivity contribution in [3.8, 4) is 5.75 Å². The van der Waals surface area contributed by atoms with Gasteiger partial charge in [-0.25, -0.2) is 0 Å². The van der Waals surface area contributed by atoms with Crippen LogP contribution in [0, 0.1) is 0 Å². The third-order valence-corrected chi connectivity index (χ3v) is 2.37. The summed E-state index contributed by atoms with van der Waals surface area (Å²) in [6.07, 6.45) is 0.868. The summed E-state index contributed by atoms with van der Waals surface area (Å²) in [6, 6.07) is 11.8. The van der Waals surface area contributed by atoms with Gasteiger partial charge in [-0.05, 0) is 23.3 Å². The molecule has 80 valence electrons. The fourth-order valence-corrected chi connectivity index (χ4v) is 1.70. The summed E-state index contributed by atoms with van der Waals surface area (Å²) >= 11 is 0. The Bertz CT molecular complexity index is 432. The van der Waals surface area contributed by atoms with Crippen molar-refractivity contribution in [1.29, 1.82) is 0 Å². The number of phenolic OH excluding ortho intramolecular Hbond substituents is 1. The summed E-state index contributed by atoms with van der Waals surface area (Å²) in [5, 5.41) is 12.0. The first-order valence-electron chi connectivity index (χ1n) is 5.52. The molecule has 1 N–H and O–H groups in total. The Morgan fingerprint density at radius 3 is 2.33 bits per heavy atom. The van der Waals surface area contributed by atoms with E-state index in [0.29, 0.717) is 5.75 Å². The van der Waals surface area contributed by atoms with Gasteiger partial charge in [0.2, 0.25) is 0 Å². The van der Waals surface area contributed by atoms with Gasteiger partial charge in [0.05, 0.1) is 0 Å². The Hall–Kier alpha value is -1.50. The van der Waals surface area contributed by atoms with Crippen molar-refractivity contribution in [1.82, 2.24) is 0 Å². The fourth-order valence-electron chi connectivity index (χ4n) is 1.70. The zero-order valence-corrected chi connectivity index (χ0v) is 9.62. The molecule has 0 saturated carbocycles. The van der Waals surface area contributed by atoms with Gasteiger partial charge in [-0.15, -0.1) is 0 Å². The van der Waals surface area contributed by atoms with Crippen LogP contribution in [0.1, 0.15) is 26.3 Å². The van der Waals surface area contributed by atoms with Crippen LogP contribution in [0.3, 0.4) is 0 Å². The highest BCUT2D eigenvalue weighted by Gasteiger charge is 2.02. The minimum absolute atomic E-state index is 0.404. The predicted molar refractivity (Wildman–Crippen MR) is 66.3 cm³/mol. The van der Waals surface area contributed by atoms with Gasteiger partial charge in [0.25, 0.3) is 0 Å². The number of hydrogen-bond acceptors (Lipinski definition) is 1. The molecule has 15 heavy (non-hydrogen) atoms. The Kier molecular flexibility index (Phi) is 4.17. The lowest BCUT2D eigenvalue weighted by atomic mass is 10.0. The van der Waals surface area contributed by atoms with E-state index in [-0.39, 0.29) is 0 Å². The minimum atomic E-state index is 0.404. The van der Waals surface area contributed by atoms with E-state index in [1.165, 1.54) is 5.39 Å². The molecule has 0 radical (unpaired) electrons. The number of hydrogen-bond donors (Lipinski definition) is 1. The summed E-state index contributed by atoms with van der Waals surface area (Å²) in [5.41, 5.74) is 1.04. The van der Waals surface area contributed by atoms with Crippen molar-refractivity contribution in [2.24, 2.45) is 0 Å². The van der Waals surface area contributed by atoms with E-state index in [2.05, 4.69) is 13.0 Å². The van der Waals surface area contributed by atoms with Crippen LogP contribution in [0.2, 0.25) is 0 Å². The van der Waals surface area contributed by atoms with E-state index in [9.17, 15) is 5.11 Å². The molecule has 2 aromatic carbocycles. The van der Waals surface area contributed by atoms with Crippen LogP contribution >= 0.6 is 0 Å².